The summed E-state index contributed by atoms with van der Waals surface area (Å²) in [4.78, 5) is 9.02. The third-order valence-electron chi connectivity index (χ3n) is 3.33. The zero-order valence-corrected chi connectivity index (χ0v) is 10.4. The first-order valence-electron chi connectivity index (χ1n) is 6.47. The summed E-state index contributed by atoms with van der Waals surface area (Å²) < 4.78 is 0. The van der Waals surface area contributed by atoms with Crippen molar-refractivity contribution in [3.8, 4) is 0 Å². The van der Waals surface area contributed by atoms with Crippen molar-refractivity contribution in [2.24, 2.45) is 5.73 Å². The number of hydrogen-bond donors (Lipinski definition) is 1. The van der Waals surface area contributed by atoms with Crippen LogP contribution in [0, 0.1) is 0 Å². The summed E-state index contributed by atoms with van der Waals surface area (Å²) in [7, 11) is 0. The predicted octanol–water partition coefficient (Wildman–Crippen LogP) is 0.942. The van der Waals surface area contributed by atoms with Crippen LogP contribution in [0.15, 0.2) is 24.5 Å². The van der Waals surface area contributed by atoms with Crippen molar-refractivity contribution in [2.45, 2.75) is 12.8 Å². The van der Waals surface area contributed by atoms with Crippen LogP contribution in [0.2, 0.25) is 0 Å². The molecule has 4 nitrogen and oxygen atoms in total. The molecule has 1 aromatic heterocycles. The Kier molecular flexibility index (Phi) is 4.76. The van der Waals surface area contributed by atoms with E-state index in [2.05, 4.69) is 26.9 Å². The van der Waals surface area contributed by atoms with E-state index < -0.39 is 0 Å². The molecule has 0 unspecified atom stereocenters. The second kappa shape index (κ2) is 6.57. The third kappa shape index (κ3) is 3.68. The minimum atomic E-state index is 0.816. The summed E-state index contributed by atoms with van der Waals surface area (Å²) in [5, 5.41) is 0. The van der Waals surface area contributed by atoms with Gasteiger partial charge in [0.25, 0.3) is 0 Å². The van der Waals surface area contributed by atoms with Crippen LogP contribution < -0.4 is 10.6 Å². The molecule has 2 heterocycles. The molecule has 17 heavy (non-hydrogen) atoms. The molecule has 1 fully saturated rings. The van der Waals surface area contributed by atoms with Crippen LogP contribution in [-0.2, 0) is 0 Å². The lowest BCUT2D eigenvalue weighted by Crippen LogP contribution is -2.46. The summed E-state index contributed by atoms with van der Waals surface area (Å²) in [6.07, 6.45) is 6.10. The minimum absolute atomic E-state index is 0.816. The number of piperazine rings is 1. The molecular formula is C13H22N4. The van der Waals surface area contributed by atoms with Gasteiger partial charge in [0.05, 0.1) is 0 Å². The van der Waals surface area contributed by atoms with Crippen LogP contribution in [0.25, 0.3) is 0 Å². The maximum absolute atomic E-state index is 5.51. The van der Waals surface area contributed by atoms with Crippen molar-refractivity contribution in [2.75, 3.05) is 44.2 Å². The lowest BCUT2D eigenvalue weighted by molar-refractivity contribution is 0.253. The second-order valence-corrected chi connectivity index (χ2v) is 4.53. The van der Waals surface area contributed by atoms with Crippen LogP contribution in [0.1, 0.15) is 12.8 Å². The molecule has 0 aromatic carbocycles. The van der Waals surface area contributed by atoms with Gasteiger partial charge in [0.15, 0.2) is 0 Å². The fourth-order valence-corrected chi connectivity index (χ4v) is 2.26. The molecule has 0 bridgehead atoms. The van der Waals surface area contributed by atoms with Gasteiger partial charge in [-0.05, 0) is 38.1 Å². The van der Waals surface area contributed by atoms with Crippen LogP contribution in [0.5, 0.6) is 0 Å². The van der Waals surface area contributed by atoms with E-state index >= 15 is 0 Å². The SMILES string of the molecule is NCCCCN1CCN(c2ccncc2)CC1. The number of hydrogen-bond acceptors (Lipinski definition) is 4. The highest BCUT2D eigenvalue weighted by Gasteiger charge is 2.16. The number of aromatic nitrogens is 1. The van der Waals surface area contributed by atoms with E-state index in [1.165, 1.54) is 18.7 Å². The molecule has 0 atom stereocenters. The number of rotatable bonds is 5. The number of nitrogens with two attached hydrogens (primary N) is 1. The molecule has 0 saturated carbocycles. The maximum Gasteiger partial charge on any atom is 0.0397 e. The van der Waals surface area contributed by atoms with E-state index in [1.54, 1.807) is 0 Å². The highest BCUT2D eigenvalue weighted by Crippen LogP contribution is 2.14. The molecule has 0 spiro atoms. The van der Waals surface area contributed by atoms with Gasteiger partial charge in [-0.15, -0.1) is 0 Å². The summed E-state index contributed by atoms with van der Waals surface area (Å²) in [6, 6.07) is 4.17. The second-order valence-electron chi connectivity index (χ2n) is 4.53. The van der Waals surface area contributed by atoms with Crippen LogP contribution in [-0.4, -0.2) is 49.2 Å². The summed E-state index contributed by atoms with van der Waals surface area (Å²) in [5.74, 6) is 0. The summed E-state index contributed by atoms with van der Waals surface area (Å²) >= 11 is 0. The van der Waals surface area contributed by atoms with Gasteiger partial charge >= 0.3 is 0 Å². The van der Waals surface area contributed by atoms with Crippen LogP contribution >= 0.6 is 0 Å². The first kappa shape index (κ1) is 12.3. The van der Waals surface area contributed by atoms with Gasteiger partial charge < -0.3 is 10.6 Å². The van der Waals surface area contributed by atoms with Crippen molar-refractivity contribution in [1.29, 1.82) is 0 Å². The molecule has 94 valence electrons. The first-order chi connectivity index (χ1) is 8.40. The van der Waals surface area contributed by atoms with Crippen LogP contribution in [0.3, 0.4) is 0 Å². The Balaban J connectivity index is 1.74. The maximum atomic E-state index is 5.51. The Hall–Kier alpha value is -1.13. The Labute approximate surface area is 103 Å². The molecule has 1 aliphatic rings. The van der Waals surface area contributed by atoms with Crippen molar-refractivity contribution in [3.05, 3.63) is 24.5 Å². The van der Waals surface area contributed by atoms with E-state index in [0.29, 0.717) is 0 Å². The van der Waals surface area contributed by atoms with Crippen molar-refractivity contribution in [1.82, 2.24) is 9.88 Å². The van der Waals surface area contributed by atoms with Gasteiger partial charge in [-0.2, -0.15) is 0 Å². The number of unbranched alkanes of at least 4 members (excludes halogenated alkanes) is 1. The highest BCUT2D eigenvalue weighted by molar-refractivity contribution is 5.44. The molecule has 4 heteroatoms. The average molecular weight is 234 g/mol. The van der Waals surface area contributed by atoms with Gasteiger partial charge in [0, 0.05) is 44.3 Å². The number of pyridine rings is 1. The number of nitrogens with zero attached hydrogens (tertiary/aromatic N) is 3. The summed E-state index contributed by atoms with van der Waals surface area (Å²) in [5.41, 5.74) is 6.80. The Morgan fingerprint density at radius 1 is 1.06 bits per heavy atom. The Bertz CT molecular complexity index is 306. The zero-order chi connectivity index (χ0) is 11.9. The quantitative estimate of drug-likeness (QED) is 0.770. The normalized spacial score (nSPS) is 17.4. The van der Waals surface area contributed by atoms with Gasteiger partial charge in [-0.1, -0.05) is 0 Å². The van der Waals surface area contributed by atoms with Crippen molar-refractivity contribution in [3.63, 3.8) is 0 Å². The molecule has 1 aromatic rings. The third-order valence-corrected chi connectivity index (χ3v) is 3.33. The predicted molar refractivity (Wildman–Crippen MR) is 71.2 cm³/mol. The van der Waals surface area contributed by atoms with E-state index in [4.69, 9.17) is 5.73 Å². The Morgan fingerprint density at radius 2 is 1.76 bits per heavy atom. The monoisotopic (exact) mass is 234 g/mol. The fourth-order valence-electron chi connectivity index (χ4n) is 2.26. The molecule has 2 N–H and O–H groups in total. The molecule has 1 aliphatic heterocycles. The highest BCUT2D eigenvalue weighted by atomic mass is 15.3. The topological polar surface area (TPSA) is 45.4 Å². The minimum Gasteiger partial charge on any atom is -0.369 e. The molecular weight excluding hydrogens is 212 g/mol. The summed E-state index contributed by atoms with van der Waals surface area (Å²) in [6.45, 7) is 6.57. The largest absolute Gasteiger partial charge is 0.369 e. The lowest BCUT2D eigenvalue weighted by atomic mass is 10.2. The van der Waals surface area contributed by atoms with Crippen LogP contribution in [0.4, 0.5) is 5.69 Å². The van der Waals surface area contributed by atoms with Gasteiger partial charge in [0.2, 0.25) is 0 Å². The van der Waals surface area contributed by atoms with E-state index in [1.807, 2.05) is 12.4 Å². The number of anilines is 1. The zero-order valence-electron chi connectivity index (χ0n) is 10.4. The molecule has 0 aliphatic carbocycles. The van der Waals surface area contributed by atoms with Gasteiger partial charge in [-0.25, -0.2) is 0 Å². The molecule has 2 rings (SSSR count). The van der Waals surface area contributed by atoms with E-state index in [0.717, 1.165) is 39.1 Å². The average Bonchev–Trinajstić information content (AvgIpc) is 2.41. The molecule has 0 amide bonds. The van der Waals surface area contributed by atoms with Crippen molar-refractivity contribution >= 4 is 5.69 Å². The van der Waals surface area contributed by atoms with Gasteiger partial charge in [-0.3, -0.25) is 9.88 Å². The lowest BCUT2D eigenvalue weighted by Gasteiger charge is -2.36. The van der Waals surface area contributed by atoms with E-state index in [-0.39, 0.29) is 0 Å². The smallest absolute Gasteiger partial charge is 0.0397 e. The van der Waals surface area contributed by atoms with Crippen molar-refractivity contribution < 1.29 is 0 Å². The molecule has 0 radical (unpaired) electrons. The fraction of sp³-hybridized carbons (Fsp3) is 0.615. The van der Waals surface area contributed by atoms with E-state index in [9.17, 15) is 0 Å². The molecule has 1 saturated heterocycles. The Morgan fingerprint density at radius 3 is 2.41 bits per heavy atom. The first-order valence-corrected chi connectivity index (χ1v) is 6.47. The van der Waals surface area contributed by atoms with Gasteiger partial charge in [0.1, 0.15) is 0 Å². The standard InChI is InChI=1S/C13H22N4/c14-5-1-2-8-16-9-11-17(12-10-16)13-3-6-15-7-4-13/h3-4,6-7H,1-2,5,8-12,14H2.